The highest BCUT2D eigenvalue weighted by molar-refractivity contribution is 8.00. The summed E-state index contributed by atoms with van der Waals surface area (Å²) in [7, 11) is -2.93. The Morgan fingerprint density at radius 2 is 1.34 bits per heavy atom. The molecule has 0 saturated heterocycles. The van der Waals surface area contributed by atoms with Crippen LogP contribution in [0.15, 0.2) is 83.8 Å². The van der Waals surface area contributed by atoms with Gasteiger partial charge >= 0.3 is 12.4 Å². The molecule has 38 heavy (non-hydrogen) atoms. The van der Waals surface area contributed by atoms with E-state index in [1.807, 2.05) is 36.4 Å². The van der Waals surface area contributed by atoms with Gasteiger partial charge in [-0.1, -0.05) is 60.7 Å². The van der Waals surface area contributed by atoms with E-state index >= 15 is 0 Å². The minimum atomic E-state index is -5.97. The minimum absolute atomic E-state index is 0.195. The van der Waals surface area contributed by atoms with Crippen LogP contribution in [0.3, 0.4) is 0 Å². The van der Waals surface area contributed by atoms with E-state index in [1.54, 1.807) is 18.2 Å². The fraction of sp³-hybridized carbons (Fsp3) is 0.286. The SMILES string of the molecule is C=S(=O)(c1cccc(C#N)c1)C(CCc1ccccc1)CCc1ccc(C(O)(C(F)(F)F)C(F)(F)F)cc1. The largest absolute Gasteiger partial charge is 0.430 e. The van der Waals surface area contributed by atoms with Crippen LogP contribution in [0.25, 0.3) is 0 Å². The number of rotatable bonds is 9. The molecule has 3 aromatic rings. The molecular weight excluding hydrogens is 528 g/mol. The zero-order valence-electron chi connectivity index (χ0n) is 20.1. The first-order valence-corrected chi connectivity index (χ1v) is 13.3. The van der Waals surface area contributed by atoms with Gasteiger partial charge in [-0.3, -0.25) is 4.21 Å². The molecule has 0 fully saturated rings. The molecule has 1 N–H and O–H groups in total. The van der Waals surface area contributed by atoms with E-state index in [2.05, 4.69) is 5.87 Å². The van der Waals surface area contributed by atoms with Crippen molar-refractivity contribution in [3.8, 4) is 6.07 Å². The summed E-state index contributed by atoms with van der Waals surface area (Å²) in [5, 5.41) is 18.3. The summed E-state index contributed by atoms with van der Waals surface area (Å²) in [6.07, 6.45) is -10.4. The van der Waals surface area contributed by atoms with Gasteiger partial charge in [0.05, 0.1) is 11.6 Å². The number of hydrogen-bond donors (Lipinski definition) is 1. The maximum absolute atomic E-state index is 13.9. The third-order valence-electron chi connectivity index (χ3n) is 6.45. The Labute approximate surface area is 217 Å². The van der Waals surface area contributed by atoms with Crippen molar-refractivity contribution in [3.63, 3.8) is 0 Å². The van der Waals surface area contributed by atoms with Crippen LogP contribution in [0.5, 0.6) is 0 Å². The molecule has 0 aliphatic heterocycles. The molecule has 0 bridgehead atoms. The second-order valence-corrected chi connectivity index (χ2v) is 11.5. The third-order valence-corrected chi connectivity index (χ3v) is 9.05. The molecule has 3 aromatic carbocycles. The fourth-order valence-electron chi connectivity index (χ4n) is 4.20. The second kappa shape index (κ2) is 11.2. The summed E-state index contributed by atoms with van der Waals surface area (Å²) in [6.45, 7) is 0. The van der Waals surface area contributed by atoms with Crippen LogP contribution in [-0.2, 0) is 28.0 Å². The molecule has 10 heteroatoms. The van der Waals surface area contributed by atoms with Crippen molar-refractivity contribution in [2.24, 2.45) is 0 Å². The monoisotopic (exact) mass is 553 g/mol. The highest BCUT2D eigenvalue weighted by Crippen LogP contribution is 2.50. The Hall–Kier alpha value is -3.29. The van der Waals surface area contributed by atoms with E-state index in [4.69, 9.17) is 0 Å². The molecular formula is C28H25F6NO2S. The molecule has 0 heterocycles. The third kappa shape index (κ3) is 6.22. The summed E-state index contributed by atoms with van der Waals surface area (Å²) >= 11 is 0. The van der Waals surface area contributed by atoms with Crippen molar-refractivity contribution in [2.75, 3.05) is 0 Å². The Balaban J connectivity index is 1.87. The molecule has 0 spiro atoms. The number of benzene rings is 3. The van der Waals surface area contributed by atoms with Crippen molar-refractivity contribution in [1.82, 2.24) is 0 Å². The van der Waals surface area contributed by atoms with Gasteiger partial charge in [0.25, 0.3) is 5.60 Å². The molecule has 202 valence electrons. The predicted octanol–water partition coefficient (Wildman–Crippen LogP) is 6.58. The minimum Gasteiger partial charge on any atom is -0.369 e. The normalized spacial score (nSPS) is 14.9. The van der Waals surface area contributed by atoms with Gasteiger partial charge in [0.1, 0.15) is 0 Å². The van der Waals surface area contributed by atoms with Gasteiger partial charge < -0.3 is 5.11 Å². The van der Waals surface area contributed by atoms with Crippen LogP contribution in [0.2, 0.25) is 0 Å². The van der Waals surface area contributed by atoms with Crippen molar-refractivity contribution in [2.45, 2.75) is 53.8 Å². The first-order valence-electron chi connectivity index (χ1n) is 11.6. The average molecular weight is 554 g/mol. The van der Waals surface area contributed by atoms with Gasteiger partial charge in [0.15, 0.2) is 0 Å². The van der Waals surface area contributed by atoms with Crippen LogP contribution in [-0.4, -0.2) is 32.8 Å². The molecule has 0 aliphatic carbocycles. The lowest BCUT2D eigenvalue weighted by Crippen LogP contribution is -2.53. The van der Waals surface area contributed by atoms with Crippen molar-refractivity contribution >= 4 is 15.4 Å². The molecule has 0 radical (unpaired) electrons. The summed E-state index contributed by atoms with van der Waals surface area (Å²) in [6, 6.07) is 21.1. The second-order valence-electron chi connectivity index (χ2n) is 8.95. The lowest BCUT2D eigenvalue weighted by atomic mass is 9.91. The van der Waals surface area contributed by atoms with Gasteiger partial charge in [0.2, 0.25) is 0 Å². The van der Waals surface area contributed by atoms with E-state index in [0.717, 1.165) is 17.7 Å². The number of aryl methyl sites for hydroxylation is 2. The molecule has 0 amide bonds. The topological polar surface area (TPSA) is 61.1 Å². The number of nitriles is 1. The Morgan fingerprint density at radius 3 is 1.84 bits per heavy atom. The molecule has 0 aliphatic rings. The van der Waals surface area contributed by atoms with Crippen LogP contribution in [0.4, 0.5) is 26.3 Å². The molecule has 3 rings (SSSR count). The van der Waals surface area contributed by atoms with Crippen LogP contribution >= 0.6 is 0 Å². The number of aliphatic hydroxyl groups is 1. The van der Waals surface area contributed by atoms with Crippen LogP contribution in [0, 0.1) is 11.3 Å². The van der Waals surface area contributed by atoms with Crippen molar-refractivity contribution in [3.05, 3.63) is 101 Å². The van der Waals surface area contributed by atoms with Gasteiger partial charge in [-0.05, 0) is 70.4 Å². The van der Waals surface area contributed by atoms with E-state index < -0.39 is 38.3 Å². The van der Waals surface area contributed by atoms with E-state index in [1.165, 1.54) is 6.07 Å². The fourth-order valence-corrected chi connectivity index (χ4v) is 6.22. The van der Waals surface area contributed by atoms with Gasteiger partial charge in [0, 0.05) is 15.7 Å². The standard InChI is InChI=1S/C28H25F6NO2S/c1-38(37,25-9-5-8-22(18-25)19-35)24(16-12-20-6-3-2-4-7-20)17-13-21-10-14-23(15-11-21)26(36,27(29,30)31)28(32,33)34/h2-11,14-15,18,24,36H,1,12-13,16-17H2. The lowest BCUT2D eigenvalue weighted by molar-refractivity contribution is -0.376. The average Bonchev–Trinajstić information content (AvgIpc) is 2.87. The van der Waals surface area contributed by atoms with E-state index in [0.29, 0.717) is 41.0 Å². The van der Waals surface area contributed by atoms with E-state index in [9.17, 15) is 40.9 Å². The zero-order valence-corrected chi connectivity index (χ0v) is 20.9. The number of halogens is 6. The molecule has 0 aromatic heterocycles. The molecule has 3 nitrogen and oxygen atoms in total. The number of alkyl halides is 6. The highest BCUT2D eigenvalue weighted by Gasteiger charge is 2.71. The maximum atomic E-state index is 13.9. The summed E-state index contributed by atoms with van der Waals surface area (Å²) in [5.74, 6) is 3.98. The Bertz CT molecular complexity index is 1360. The Kier molecular flexibility index (Phi) is 8.64. The summed E-state index contributed by atoms with van der Waals surface area (Å²) in [5.41, 5.74) is -4.61. The predicted molar refractivity (Wildman–Crippen MR) is 134 cm³/mol. The van der Waals surface area contributed by atoms with Gasteiger partial charge in [-0.25, -0.2) is 0 Å². The number of hydrogen-bond acceptors (Lipinski definition) is 3. The van der Waals surface area contributed by atoms with Crippen molar-refractivity contribution < 1.29 is 35.7 Å². The molecule has 2 unspecified atom stereocenters. The van der Waals surface area contributed by atoms with Gasteiger partial charge in [-0.15, -0.1) is 0 Å². The van der Waals surface area contributed by atoms with Crippen molar-refractivity contribution in [1.29, 1.82) is 5.26 Å². The lowest BCUT2D eigenvalue weighted by Gasteiger charge is -2.32. The number of nitrogens with zero attached hydrogens (tertiary/aromatic N) is 1. The van der Waals surface area contributed by atoms with Gasteiger partial charge in [-0.2, -0.15) is 31.6 Å². The smallest absolute Gasteiger partial charge is 0.369 e. The highest BCUT2D eigenvalue weighted by atomic mass is 32.2. The summed E-state index contributed by atoms with van der Waals surface area (Å²) < 4.78 is 93.0. The quantitative estimate of drug-likeness (QED) is 0.241. The maximum Gasteiger partial charge on any atom is 0.430 e. The van der Waals surface area contributed by atoms with Crippen LogP contribution in [0.1, 0.15) is 35.1 Å². The first kappa shape index (κ1) is 29.3. The molecule has 0 saturated carbocycles. The summed E-state index contributed by atoms with van der Waals surface area (Å²) in [4.78, 5) is 0.394. The zero-order chi connectivity index (χ0) is 28.2. The van der Waals surface area contributed by atoms with Crippen LogP contribution < -0.4 is 0 Å². The van der Waals surface area contributed by atoms with E-state index in [-0.39, 0.29) is 12.8 Å². The molecule has 2 atom stereocenters. The Morgan fingerprint density at radius 1 is 0.816 bits per heavy atom. The first-order chi connectivity index (χ1) is 17.7.